The molecule has 0 spiro atoms. The molecule has 0 fully saturated rings. The summed E-state index contributed by atoms with van der Waals surface area (Å²) in [5.74, 6) is 0.720. The van der Waals surface area contributed by atoms with Crippen molar-refractivity contribution in [1.29, 1.82) is 0 Å². The smallest absolute Gasteiger partial charge is 0.349 e. The molecule has 0 saturated carbocycles. The van der Waals surface area contributed by atoms with E-state index in [1.807, 2.05) is 54.6 Å². The average Bonchev–Trinajstić information content (AvgIpc) is 2.87. The summed E-state index contributed by atoms with van der Waals surface area (Å²) in [5.41, 5.74) is 1.14. The lowest BCUT2D eigenvalue weighted by Gasteiger charge is -2.41. The van der Waals surface area contributed by atoms with E-state index in [2.05, 4.69) is 4.99 Å². The van der Waals surface area contributed by atoms with Gasteiger partial charge in [-0.05, 0) is 17.7 Å². The van der Waals surface area contributed by atoms with Crippen molar-refractivity contribution >= 4 is 17.9 Å². The number of hydrogen-bond acceptors (Lipinski definition) is 2. The minimum absolute atomic E-state index is 0.246. The van der Waals surface area contributed by atoms with Gasteiger partial charge in [0.05, 0.1) is 5.69 Å². The standard InChI is InChI=1S/C16H12N2O2/c19-15-17-10-16(12-6-2-1-3-7-12)11-20-14-9-5-4-8-13(14)18(15)16/h1-10H,11H2. The Balaban J connectivity index is 1.93. The fourth-order valence-electron chi connectivity index (χ4n) is 2.83. The number of anilines is 1. The van der Waals surface area contributed by atoms with E-state index in [0.717, 1.165) is 17.0 Å². The molecule has 98 valence electrons. The first kappa shape index (κ1) is 11.2. The van der Waals surface area contributed by atoms with E-state index in [1.165, 1.54) is 0 Å². The highest BCUT2D eigenvalue weighted by molar-refractivity contribution is 6.10. The Morgan fingerprint density at radius 3 is 2.65 bits per heavy atom. The topological polar surface area (TPSA) is 41.9 Å². The van der Waals surface area contributed by atoms with Crippen molar-refractivity contribution in [2.45, 2.75) is 5.54 Å². The van der Waals surface area contributed by atoms with Crippen molar-refractivity contribution in [2.24, 2.45) is 4.99 Å². The quantitative estimate of drug-likeness (QED) is 0.794. The van der Waals surface area contributed by atoms with Crippen LogP contribution in [0.25, 0.3) is 0 Å². The van der Waals surface area contributed by atoms with Crippen LogP contribution < -0.4 is 9.64 Å². The third-order valence-electron chi connectivity index (χ3n) is 3.81. The second-order valence-electron chi connectivity index (χ2n) is 4.92. The fourth-order valence-corrected chi connectivity index (χ4v) is 2.83. The van der Waals surface area contributed by atoms with Crippen molar-refractivity contribution in [2.75, 3.05) is 11.5 Å². The van der Waals surface area contributed by atoms with Gasteiger partial charge in [0.15, 0.2) is 0 Å². The monoisotopic (exact) mass is 264 g/mol. The van der Waals surface area contributed by atoms with Gasteiger partial charge in [-0.25, -0.2) is 9.79 Å². The highest BCUT2D eigenvalue weighted by atomic mass is 16.5. The van der Waals surface area contributed by atoms with Gasteiger partial charge in [0.1, 0.15) is 17.9 Å². The number of aliphatic imine (C=N–C) groups is 1. The van der Waals surface area contributed by atoms with Crippen LogP contribution in [0.2, 0.25) is 0 Å². The van der Waals surface area contributed by atoms with Crippen molar-refractivity contribution in [1.82, 2.24) is 0 Å². The summed E-state index contributed by atoms with van der Waals surface area (Å²) in [6.07, 6.45) is 1.70. The number of urea groups is 1. The van der Waals surface area contributed by atoms with Gasteiger partial charge >= 0.3 is 6.03 Å². The molecule has 20 heavy (non-hydrogen) atoms. The largest absolute Gasteiger partial charge is 0.488 e. The predicted octanol–water partition coefficient (Wildman–Crippen LogP) is 2.99. The summed E-state index contributed by atoms with van der Waals surface area (Å²) < 4.78 is 5.86. The van der Waals surface area contributed by atoms with Crippen molar-refractivity contribution < 1.29 is 9.53 Å². The number of amides is 2. The first-order valence-electron chi connectivity index (χ1n) is 6.48. The average molecular weight is 264 g/mol. The van der Waals surface area contributed by atoms with E-state index < -0.39 is 5.54 Å². The maximum absolute atomic E-state index is 12.2. The number of carbonyl (C=O) groups is 1. The Bertz CT molecular complexity index is 711. The van der Waals surface area contributed by atoms with Crippen molar-refractivity contribution in [3.8, 4) is 5.75 Å². The van der Waals surface area contributed by atoms with Gasteiger partial charge in [0, 0.05) is 6.21 Å². The normalized spacial score (nSPS) is 23.2. The summed E-state index contributed by atoms with van der Waals surface area (Å²) in [7, 11) is 0. The van der Waals surface area contributed by atoms with Gasteiger partial charge in [-0.2, -0.15) is 0 Å². The van der Waals surface area contributed by atoms with E-state index in [-0.39, 0.29) is 6.03 Å². The number of nitrogens with zero attached hydrogens (tertiary/aromatic N) is 2. The highest BCUT2D eigenvalue weighted by Crippen LogP contribution is 2.44. The summed E-state index contributed by atoms with van der Waals surface area (Å²) in [6, 6.07) is 17.2. The first-order chi connectivity index (χ1) is 9.81. The molecule has 2 amide bonds. The third-order valence-corrected chi connectivity index (χ3v) is 3.81. The zero-order chi connectivity index (χ0) is 13.6. The fraction of sp³-hybridized carbons (Fsp3) is 0.125. The molecule has 2 aliphatic rings. The van der Waals surface area contributed by atoms with Crippen molar-refractivity contribution in [3.63, 3.8) is 0 Å². The van der Waals surface area contributed by atoms with E-state index in [4.69, 9.17) is 4.74 Å². The Morgan fingerprint density at radius 2 is 1.80 bits per heavy atom. The third kappa shape index (κ3) is 1.36. The van der Waals surface area contributed by atoms with Gasteiger partial charge in [-0.1, -0.05) is 42.5 Å². The van der Waals surface area contributed by atoms with Crippen LogP contribution in [-0.4, -0.2) is 18.9 Å². The predicted molar refractivity (Wildman–Crippen MR) is 76.4 cm³/mol. The minimum Gasteiger partial charge on any atom is -0.488 e. The van der Waals surface area contributed by atoms with Crippen LogP contribution in [0.4, 0.5) is 10.5 Å². The molecule has 0 bridgehead atoms. The molecule has 4 nitrogen and oxygen atoms in total. The zero-order valence-electron chi connectivity index (χ0n) is 10.7. The Labute approximate surface area is 116 Å². The summed E-state index contributed by atoms with van der Waals surface area (Å²) >= 11 is 0. The van der Waals surface area contributed by atoms with E-state index in [9.17, 15) is 4.79 Å². The summed E-state index contributed by atoms with van der Waals surface area (Å²) in [6.45, 7) is 0.378. The Morgan fingerprint density at radius 1 is 1.05 bits per heavy atom. The van der Waals surface area contributed by atoms with Crippen LogP contribution in [0, 0.1) is 0 Å². The van der Waals surface area contributed by atoms with E-state index in [1.54, 1.807) is 11.1 Å². The van der Waals surface area contributed by atoms with Gasteiger partial charge < -0.3 is 4.74 Å². The van der Waals surface area contributed by atoms with Gasteiger partial charge in [0.25, 0.3) is 0 Å². The zero-order valence-corrected chi connectivity index (χ0v) is 10.7. The summed E-state index contributed by atoms with van der Waals surface area (Å²) in [4.78, 5) is 18.0. The number of hydrogen-bond donors (Lipinski definition) is 0. The molecule has 2 aliphatic heterocycles. The number of carbonyl (C=O) groups excluding carboxylic acids is 1. The molecule has 0 aliphatic carbocycles. The number of fused-ring (bicyclic) bond motifs is 3. The highest BCUT2D eigenvalue weighted by Gasteiger charge is 2.49. The van der Waals surface area contributed by atoms with Crippen LogP contribution >= 0.6 is 0 Å². The van der Waals surface area contributed by atoms with E-state index >= 15 is 0 Å². The van der Waals surface area contributed by atoms with Crippen LogP contribution in [0.5, 0.6) is 5.75 Å². The molecule has 4 rings (SSSR count). The Kier molecular flexibility index (Phi) is 2.21. The maximum Gasteiger partial charge on any atom is 0.349 e. The molecule has 0 aromatic heterocycles. The number of benzene rings is 2. The number of ether oxygens (including phenoxy) is 1. The second-order valence-corrected chi connectivity index (χ2v) is 4.92. The van der Waals surface area contributed by atoms with Gasteiger partial charge in [-0.15, -0.1) is 0 Å². The molecular formula is C16H12N2O2. The van der Waals surface area contributed by atoms with E-state index in [0.29, 0.717) is 6.61 Å². The van der Waals surface area contributed by atoms with Crippen LogP contribution in [0.15, 0.2) is 59.6 Å². The van der Waals surface area contributed by atoms with Gasteiger partial charge in [-0.3, -0.25) is 4.90 Å². The lowest BCUT2D eigenvalue weighted by atomic mass is 9.89. The lowest BCUT2D eigenvalue weighted by Crippen LogP contribution is -2.52. The molecule has 2 heterocycles. The molecule has 2 aromatic rings. The molecule has 2 aromatic carbocycles. The van der Waals surface area contributed by atoms with Crippen molar-refractivity contribution in [3.05, 3.63) is 60.2 Å². The molecule has 0 saturated heterocycles. The molecule has 1 atom stereocenters. The molecule has 0 radical (unpaired) electrons. The van der Waals surface area contributed by atoms with Gasteiger partial charge in [0.2, 0.25) is 0 Å². The van der Waals surface area contributed by atoms with Crippen LogP contribution in [-0.2, 0) is 5.54 Å². The lowest BCUT2D eigenvalue weighted by molar-refractivity contribution is 0.226. The van der Waals surface area contributed by atoms with Crippen LogP contribution in [0.3, 0.4) is 0 Å². The number of para-hydroxylation sites is 2. The minimum atomic E-state index is -0.632. The SMILES string of the molecule is O=C1N=CC2(c3ccccc3)COc3ccccc3N12. The molecule has 4 heteroatoms. The summed E-state index contributed by atoms with van der Waals surface area (Å²) in [5, 5.41) is 0. The molecule has 1 unspecified atom stereocenters. The Hall–Kier alpha value is -2.62. The molecule has 0 N–H and O–H groups in total. The molecular weight excluding hydrogens is 252 g/mol. The number of rotatable bonds is 1. The second kappa shape index (κ2) is 3.93. The maximum atomic E-state index is 12.2. The van der Waals surface area contributed by atoms with Crippen LogP contribution in [0.1, 0.15) is 5.56 Å². The first-order valence-corrected chi connectivity index (χ1v) is 6.48.